The molecule has 0 radical (unpaired) electrons. The fourth-order valence-corrected chi connectivity index (χ4v) is 2.06. The van der Waals surface area contributed by atoms with E-state index in [2.05, 4.69) is 10.4 Å². The van der Waals surface area contributed by atoms with Crippen LogP contribution in [0.2, 0.25) is 5.02 Å². The predicted molar refractivity (Wildman–Crippen MR) is 89.3 cm³/mol. The van der Waals surface area contributed by atoms with Gasteiger partial charge in [-0.25, -0.2) is 4.79 Å². The van der Waals surface area contributed by atoms with Gasteiger partial charge < -0.3 is 14.8 Å². The van der Waals surface area contributed by atoms with Crippen LogP contribution in [0.25, 0.3) is 0 Å². The van der Waals surface area contributed by atoms with Crippen molar-refractivity contribution in [3.8, 4) is 5.75 Å². The van der Waals surface area contributed by atoms with Gasteiger partial charge in [0.2, 0.25) is 0 Å². The fraction of sp³-hybridized carbons (Fsp3) is 0.312. The second-order valence-electron chi connectivity index (χ2n) is 4.95. The number of rotatable bonds is 6. The highest BCUT2D eigenvalue weighted by Crippen LogP contribution is 2.19. The van der Waals surface area contributed by atoms with Crippen LogP contribution >= 0.6 is 11.6 Å². The lowest BCUT2D eigenvalue weighted by Gasteiger charge is -2.15. The Kier molecular flexibility index (Phi) is 5.81. The number of amides is 1. The van der Waals surface area contributed by atoms with Crippen LogP contribution in [-0.4, -0.2) is 34.4 Å². The van der Waals surface area contributed by atoms with Crippen LogP contribution < -0.4 is 10.1 Å². The molecule has 1 atom stereocenters. The molecule has 0 bridgehead atoms. The zero-order chi connectivity index (χ0) is 17.7. The standard InChI is InChI=1S/C16H18ClN3O4/c1-4-23-16(22)13-9-18-20(3)14(13)19-15(21)10(2)24-12-7-5-11(17)6-8-12/h5-10H,4H2,1-3H3,(H,19,21). The third kappa shape index (κ3) is 4.26. The number of halogens is 1. The van der Waals surface area contributed by atoms with Crippen LogP contribution in [-0.2, 0) is 16.6 Å². The molecule has 1 heterocycles. The van der Waals surface area contributed by atoms with Crippen molar-refractivity contribution in [1.82, 2.24) is 9.78 Å². The molecule has 0 aliphatic heterocycles. The van der Waals surface area contributed by atoms with Gasteiger partial charge in [-0.05, 0) is 38.1 Å². The van der Waals surface area contributed by atoms with Gasteiger partial charge in [0, 0.05) is 12.1 Å². The summed E-state index contributed by atoms with van der Waals surface area (Å²) in [4.78, 5) is 24.2. The minimum atomic E-state index is -0.781. The van der Waals surface area contributed by atoms with Crippen LogP contribution in [0.15, 0.2) is 30.5 Å². The zero-order valence-electron chi connectivity index (χ0n) is 13.6. The number of carbonyl (C=O) groups is 2. The van der Waals surface area contributed by atoms with Crippen molar-refractivity contribution in [3.05, 3.63) is 41.0 Å². The molecule has 128 valence electrons. The molecule has 7 nitrogen and oxygen atoms in total. The average Bonchev–Trinajstić information content (AvgIpc) is 2.91. The van der Waals surface area contributed by atoms with E-state index in [1.807, 2.05) is 0 Å². The topological polar surface area (TPSA) is 82.5 Å². The summed E-state index contributed by atoms with van der Waals surface area (Å²) in [5.74, 6) is -0.200. The molecule has 2 aromatic rings. The van der Waals surface area contributed by atoms with E-state index in [4.69, 9.17) is 21.1 Å². The first-order chi connectivity index (χ1) is 11.4. The fourth-order valence-electron chi connectivity index (χ4n) is 1.93. The lowest BCUT2D eigenvalue weighted by atomic mass is 10.3. The van der Waals surface area contributed by atoms with Crippen molar-refractivity contribution in [1.29, 1.82) is 0 Å². The Balaban J connectivity index is 2.07. The molecule has 24 heavy (non-hydrogen) atoms. The minimum Gasteiger partial charge on any atom is -0.481 e. The minimum absolute atomic E-state index is 0.186. The molecule has 1 aromatic heterocycles. The van der Waals surface area contributed by atoms with Gasteiger partial charge in [-0.1, -0.05) is 11.6 Å². The molecular formula is C16H18ClN3O4. The number of hydrogen-bond donors (Lipinski definition) is 1. The van der Waals surface area contributed by atoms with Crippen LogP contribution in [0.4, 0.5) is 5.82 Å². The molecule has 1 unspecified atom stereocenters. The van der Waals surface area contributed by atoms with E-state index in [1.165, 1.54) is 10.9 Å². The highest BCUT2D eigenvalue weighted by molar-refractivity contribution is 6.30. The lowest BCUT2D eigenvalue weighted by molar-refractivity contribution is -0.122. The van der Waals surface area contributed by atoms with E-state index in [-0.39, 0.29) is 18.0 Å². The van der Waals surface area contributed by atoms with Gasteiger partial charge in [0.05, 0.1) is 12.8 Å². The zero-order valence-corrected chi connectivity index (χ0v) is 14.3. The van der Waals surface area contributed by atoms with E-state index in [0.717, 1.165) is 0 Å². The molecule has 1 aromatic carbocycles. The maximum absolute atomic E-state index is 12.3. The highest BCUT2D eigenvalue weighted by atomic mass is 35.5. The van der Waals surface area contributed by atoms with Gasteiger partial charge in [0.1, 0.15) is 17.1 Å². The molecule has 0 saturated carbocycles. The van der Waals surface area contributed by atoms with Crippen LogP contribution in [0.1, 0.15) is 24.2 Å². The van der Waals surface area contributed by atoms with Crippen molar-refractivity contribution in [2.75, 3.05) is 11.9 Å². The number of carbonyl (C=O) groups excluding carboxylic acids is 2. The third-order valence-electron chi connectivity index (χ3n) is 3.17. The summed E-state index contributed by atoms with van der Waals surface area (Å²) in [5, 5.41) is 7.19. The average molecular weight is 352 g/mol. The Morgan fingerprint density at radius 2 is 2.00 bits per heavy atom. The Bertz CT molecular complexity index is 727. The first kappa shape index (κ1) is 17.8. The van der Waals surface area contributed by atoms with E-state index in [1.54, 1.807) is 45.2 Å². The normalized spacial score (nSPS) is 11.7. The van der Waals surface area contributed by atoms with Crippen molar-refractivity contribution >= 4 is 29.3 Å². The quantitative estimate of drug-likeness (QED) is 0.809. The number of nitrogens with one attached hydrogen (secondary N) is 1. The summed E-state index contributed by atoms with van der Waals surface area (Å²) in [6.45, 7) is 3.54. The SMILES string of the molecule is CCOC(=O)c1cnn(C)c1NC(=O)C(C)Oc1ccc(Cl)cc1. The summed E-state index contributed by atoms with van der Waals surface area (Å²) in [6.07, 6.45) is 0.564. The number of nitrogens with zero attached hydrogens (tertiary/aromatic N) is 2. The largest absolute Gasteiger partial charge is 0.481 e. The van der Waals surface area contributed by atoms with E-state index >= 15 is 0 Å². The monoisotopic (exact) mass is 351 g/mol. The number of ether oxygens (including phenoxy) is 2. The van der Waals surface area contributed by atoms with E-state index < -0.39 is 18.0 Å². The Morgan fingerprint density at radius 3 is 2.62 bits per heavy atom. The number of hydrogen-bond acceptors (Lipinski definition) is 5. The van der Waals surface area contributed by atoms with Crippen molar-refractivity contribution in [2.24, 2.45) is 7.05 Å². The lowest BCUT2D eigenvalue weighted by Crippen LogP contribution is -2.31. The molecular weight excluding hydrogens is 334 g/mol. The van der Waals surface area contributed by atoms with Gasteiger partial charge >= 0.3 is 5.97 Å². The van der Waals surface area contributed by atoms with Gasteiger partial charge in [-0.15, -0.1) is 0 Å². The maximum atomic E-state index is 12.3. The molecule has 1 N–H and O–H groups in total. The summed E-state index contributed by atoms with van der Waals surface area (Å²) in [6, 6.07) is 6.67. The van der Waals surface area contributed by atoms with E-state index in [0.29, 0.717) is 10.8 Å². The molecule has 0 aliphatic carbocycles. The molecule has 8 heteroatoms. The van der Waals surface area contributed by atoms with Crippen molar-refractivity contribution in [3.63, 3.8) is 0 Å². The predicted octanol–water partition coefficient (Wildman–Crippen LogP) is 2.66. The highest BCUT2D eigenvalue weighted by Gasteiger charge is 2.22. The van der Waals surface area contributed by atoms with Gasteiger partial charge in [-0.3, -0.25) is 9.48 Å². The van der Waals surface area contributed by atoms with E-state index in [9.17, 15) is 9.59 Å². The second-order valence-corrected chi connectivity index (χ2v) is 5.39. The molecule has 0 fully saturated rings. The van der Waals surface area contributed by atoms with Gasteiger partial charge in [0.15, 0.2) is 6.10 Å². The number of aryl methyl sites for hydroxylation is 1. The summed E-state index contributed by atoms with van der Waals surface area (Å²) < 4.78 is 11.9. The van der Waals surface area contributed by atoms with Gasteiger partial charge in [0.25, 0.3) is 5.91 Å². The smallest absolute Gasteiger partial charge is 0.343 e. The Labute approximate surface area is 144 Å². The van der Waals surface area contributed by atoms with Gasteiger partial charge in [-0.2, -0.15) is 5.10 Å². The first-order valence-electron chi connectivity index (χ1n) is 7.34. The molecule has 1 amide bonds. The maximum Gasteiger partial charge on any atom is 0.343 e. The molecule has 0 aliphatic rings. The number of esters is 1. The summed E-state index contributed by atoms with van der Waals surface area (Å²) in [7, 11) is 1.61. The van der Waals surface area contributed by atoms with Crippen LogP contribution in [0.3, 0.4) is 0 Å². The second kappa shape index (κ2) is 7.83. The Hall–Kier alpha value is -2.54. The molecule has 0 saturated heterocycles. The summed E-state index contributed by atoms with van der Waals surface area (Å²) >= 11 is 5.81. The van der Waals surface area contributed by atoms with Crippen molar-refractivity contribution < 1.29 is 19.1 Å². The number of aromatic nitrogens is 2. The Morgan fingerprint density at radius 1 is 1.33 bits per heavy atom. The van der Waals surface area contributed by atoms with Crippen molar-refractivity contribution in [2.45, 2.75) is 20.0 Å². The first-order valence-corrected chi connectivity index (χ1v) is 7.72. The summed E-state index contributed by atoms with van der Waals surface area (Å²) in [5.41, 5.74) is 0.186. The third-order valence-corrected chi connectivity index (χ3v) is 3.42. The van der Waals surface area contributed by atoms with Crippen LogP contribution in [0, 0.1) is 0 Å². The number of benzene rings is 1. The molecule has 0 spiro atoms. The number of anilines is 1. The van der Waals surface area contributed by atoms with Crippen LogP contribution in [0.5, 0.6) is 5.75 Å². The molecule has 2 rings (SSSR count).